The van der Waals surface area contributed by atoms with Crippen LogP contribution >= 0.6 is 0 Å². The lowest BCUT2D eigenvalue weighted by atomic mass is 10.3. The zero-order valence-corrected chi connectivity index (χ0v) is 12.0. The number of benzene rings is 1. The lowest BCUT2D eigenvalue weighted by Crippen LogP contribution is -2.05. The van der Waals surface area contributed by atoms with Crippen molar-refractivity contribution in [3.8, 4) is 0 Å². The molecule has 0 bridgehead atoms. The molecule has 0 unspecified atom stereocenters. The smallest absolute Gasteiger partial charge is 0.207 e. The summed E-state index contributed by atoms with van der Waals surface area (Å²) in [7, 11) is -3.15. The maximum atomic E-state index is 11.4. The molecular weight excluding hydrogens is 262 g/mol. The van der Waals surface area contributed by atoms with Gasteiger partial charge in [-0.1, -0.05) is 0 Å². The molecular formula is C13H17N3O2S. The lowest BCUT2D eigenvalue weighted by Gasteiger charge is -2.12. The van der Waals surface area contributed by atoms with Gasteiger partial charge in [0.25, 0.3) is 0 Å². The van der Waals surface area contributed by atoms with Crippen LogP contribution in [0.1, 0.15) is 19.9 Å². The van der Waals surface area contributed by atoms with E-state index in [1.165, 1.54) is 6.26 Å². The van der Waals surface area contributed by atoms with Gasteiger partial charge in [0.2, 0.25) is 5.95 Å². The van der Waals surface area contributed by atoms with Crippen LogP contribution < -0.4 is 5.32 Å². The van der Waals surface area contributed by atoms with Crippen molar-refractivity contribution in [1.82, 2.24) is 9.55 Å². The Morgan fingerprint density at radius 2 is 1.84 bits per heavy atom. The van der Waals surface area contributed by atoms with Gasteiger partial charge in [-0.05, 0) is 38.1 Å². The van der Waals surface area contributed by atoms with Gasteiger partial charge in [0.1, 0.15) is 0 Å². The topological polar surface area (TPSA) is 64.0 Å². The van der Waals surface area contributed by atoms with E-state index in [-0.39, 0.29) is 0 Å². The van der Waals surface area contributed by atoms with Crippen molar-refractivity contribution < 1.29 is 8.42 Å². The Morgan fingerprint density at radius 3 is 2.37 bits per heavy atom. The Labute approximate surface area is 113 Å². The van der Waals surface area contributed by atoms with E-state index in [9.17, 15) is 8.42 Å². The minimum absolute atomic E-state index is 0.306. The van der Waals surface area contributed by atoms with Crippen LogP contribution in [0.5, 0.6) is 0 Å². The van der Waals surface area contributed by atoms with Crippen molar-refractivity contribution in [2.24, 2.45) is 0 Å². The van der Waals surface area contributed by atoms with E-state index in [1.807, 2.05) is 10.8 Å². The Hall–Kier alpha value is -1.82. The van der Waals surface area contributed by atoms with E-state index < -0.39 is 9.84 Å². The number of aromatic nitrogens is 2. The SMILES string of the molecule is CC(C)n1ccnc1Nc1ccc(S(C)(=O)=O)cc1. The summed E-state index contributed by atoms with van der Waals surface area (Å²) in [5, 5.41) is 3.17. The maximum Gasteiger partial charge on any atom is 0.207 e. The normalized spacial score (nSPS) is 11.8. The first-order valence-electron chi connectivity index (χ1n) is 5.98. The summed E-state index contributed by atoms with van der Waals surface area (Å²) in [6, 6.07) is 6.94. The van der Waals surface area contributed by atoms with Crippen LogP contribution in [0.3, 0.4) is 0 Å². The van der Waals surface area contributed by atoms with Gasteiger partial charge in [0, 0.05) is 30.4 Å². The Bertz CT molecular complexity index is 657. The predicted molar refractivity (Wildman–Crippen MR) is 75.4 cm³/mol. The fourth-order valence-electron chi connectivity index (χ4n) is 1.74. The molecule has 0 radical (unpaired) electrons. The molecule has 6 heteroatoms. The summed E-state index contributed by atoms with van der Waals surface area (Å²) in [6.45, 7) is 4.14. The first-order chi connectivity index (χ1) is 8.88. The Balaban J connectivity index is 2.23. The van der Waals surface area contributed by atoms with Crippen LogP contribution in [-0.2, 0) is 9.84 Å². The molecule has 0 saturated heterocycles. The number of anilines is 2. The molecule has 0 aliphatic rings. The standard InChI is InChI=1S/C13H17N3O2S/c1-10(2)16-9-8-14-13(16)15-11-4-6-12(7-5-11)19(3,17)18/h4-10H,1-3H3,(H,14,15). The highest BCUT2D eigenvalue weighted by atomic mass is 32.2. The molecule has 1 heterocycles. The molecule has 1 aromatic carbocycles. The average molecular weight is 279 g/mol. The molecule has 2 rings (SSSR count). The van der Waals surface area contributed by atoms with Crippen molar-refractivity contribution in [2.75, 3.05) is 11.6 Å². The fraction of sp³-hybridized carbons (Fsp3) is 0.308. The monoisotopic (exact) mass is 279 g/mol. The van der Waals surface area contributed by atoms with Gasteiger partial charge in [0.15, 0.2) is 9.84 Å². The van der Waals surface area contributed by atoms with E-state index in [4.69, 9.17) is 0 Å². The van der Waals surface area contributed by atoms with Crippen LogP contribution in [0.25, 0.3) is 0 Å². The van der Waals surface area contributed by atoms with Crippen molar-refractivity contribution in [3.05, 3.63) is 36.7 Å². The molecule has 0 fully saturated rings. The van der Waals surface area contributed by atoms with Gasteiger partial charge in [0.05, 0.1) is 4.90 Å². The summed E-state index contributed by atoms with van der Waals surface area (Å²) in [4.78, 5) is 4.55. The zero-order valence-electron chi connectivity index (χ0n) is 11.2. The molecule has 1 N–H and O–H groups in total. The van der Waals surface area contributed by atoms with Crippen LogP contribution in [0.4, 0.5) is 11.6 Å². The van der Waals surface area contributed by atoms with Gasteiger partial charge in [-0.25, -0.2) is 13.4 Å². The largest absolute Gasteiger partial charge is 0.326 e. The van der Waals surface area contributed by atoms with Crippen LogP contribution in [0.2, 0.25) is 0 Å². The lowest BCUT2D eigenvalue weighted by molar-refractivity contribution is 0.602. The summed E-state index contributed by atoms with van der Waals surface area (Å²) in [5.74, 6) is 0.738. The molecule has 19 heavy (non-hydrogen) atoms. The van der Waals surface area contributed by atoms with Gasteiger partial charge >= 0.3 is 0 Å². The number of nitrogens with one attached hydrogen (secondary N) is 1. The summed E-state index contributed by atoms with van der Waals surface area (Å²) in [5.41, 5.74) is 0.806. The fourth-order valence-corrected chi connectivity index (χ4v) is 2.37. The summed E-state index contributed by atoms with van der Waals surface area (Å²) < 4.78 is 24.7. The molecule has 0 aliphatic carbocycles. The summed E-state index contributed by atoms with van der Waals surface area (Å²) >= 11 is 0. The van der Waals surface area contributed by atoms with Crippen molar-refractivity contribution in [1.29, 1.82) is 0 Å². The highest BCUT2D eigenvalue weighted by Crippen LogP contribution is 2.20. The first-order valence-corrected chi connectivity index (χ1v) is 7.87. The molecule has 0 saturated carbocycles. The van der Waals surface area contributed by atoms with Gasteiger partial charge in [-0.3, -0.25) is 0 Å². The van der Waals surface area contributed by atoms with Crippen LogP contribution in [0.15, 0.2) is 41.6 Å². The Kier molecular flexibility index (Phi) is 3.61. The minimum Gasteiger partial charge on any atom is -0.326 e. The summed E-state index contributed by atoms with van der Waals surface area (Å²) in [6.07, 6.45) is 4.83. The number of sulfone groups is 1. The quantitative estimate of drug-likeness (QED) is 0.934. The first kappa shape index (κ1) is 13.6. The van der Waals surface area contributed by atoms with Gasteiger partial charge in [-0.2, -0.15) is 0 Å². The van der Waals surface area contributed by atoms with E-state index in [2.05, 4.69) is 24.1 Å². The molecule has 0 atom stereocenters. The predicted octanol–water partition coefficient (Wildman–Crippen LogP) is 2.61. The molecule has 5 nitrogen and oxygen atoms in total. The third-order valence-electron chi connectivity index (χ3n) is 2.76. The third-order valence-corrected chi connectivity index (χ3v) is 3.89. The highest BCUT2D eigenvalue weighted by molar-refractivity contribution is 7.90. The van der Waals surface area contributed by atoms with E-state index in [1.54, 1.807) is 30.5 Å². The van der Waals surface area contributed by atoms with Crippen molar-refractivity contribution in [3.63, 3.8) is 0 Å². The van der Waals surface area contributed by atoms with E-state index in [0.29, 0.717) is 10.9 Å². The minimum atomic E-state index is -3.15. The van der Waals surface area contributed by atoms with Crippen LogP contribution in [-0.4, -0.2) is 24.2 Å². The number of hydrogen-bond donors (Lipinski definition) is 1. The van der Waals surface area contributed by atoms with E-state index in [0.717, 1.165) is 11.6 Å². The highest BCUT2D eigenvalue weighted by Gasteiger charge is 2.08. The van der Waals surface area contributed by atoms with Crippen molar-refractivity contribution in [2.45, 2.75) is 24.8 Å². The van der Waals surface area contributed by atoms with Gasteiger partial charge < -0.3 is 9.88 Å². The average Bonchev–Trinajstić information content (AvgIpc) is 2.77. The molecule has 0 aliphatic heterocycles. The Morgan fingerprint density at radius 1 is 1.21 bits per heavy atom. The van der Waals surface area contributed by atoms with Gasteiger partial charge in [-0.15, -0.1) is 0 Å². The maximum absolute atomic E-state index is 11.4. The van der Waals surface area contributed by atoms with Crippen LogP contribution in [0, 0.1) is 0 Å². The third kappa shape index (κ3) is 3.14. The second kappa shape index (κ2) is 5.05. The number of nitrogens with zero attached hydrogens (tertiary/aromatic N) is 2. The molecule has 1 aromatic heterocycles. The molecule has 0 spiro atoms. The number of hydrogen-bond acceptors (Lipinski definition) is 4. The number of rotatable bonds is 4. The second-order valence-electron chi connectivity index (χ2n) is 4.67. The molecule has 102 valence electrons. The van der Waals surface area contributed by atoms with E-state index >= 15 is 0 Å². The molecule has 0 amide bonds. The molecule has 2 aromatic rings. The number of imidazole rings is 1. The second-order valence-corrected chi connectivity index (χ2v) is 6.69. The van der Waals surface area contributed by atoms with Crippen molar-refractivity contribution >= 4 is 21.5 Å². The zero-order chi connectivity index (χ0) is 14.0.